The number of benzene rings is 3. The third-order valence-corrected chi connectivity index (χ3v) is 19.8. The largest absolute Gasteiger partial charge is 0.482 e. The van der Waals surface area contributed by atoms with Crippen LogP contribution in [0.15, 0.2) is 110 Å². The second kappa shape index (κ2) is 33.3. The molecule has 22 nitrogen and oxygen atoms in total. The average Bonchev–Trinajstić information content (AvgIpc) is 1.30. The summed E-state index contributed by atoms with van der Waals surface area (Å²) in [4.78, 5) is 41.6. The minimum absolute atomic E-state index is 0.0835. The summed E-state index contributed by atoms with van der Waals surface area (Å²) in [5, 5.41) is 32.1. The van der Waals surface area contributed by atoms with Crippen LogP contribution in [-0.4, -0.2) is 128 Å². The number of carbonyl (C=O) groups is 2. The van der Waals surface area contributed by atoms with Crippen molar-refractivity contribution in [2.45, 2.75) is 103 Å². The second-order valence-corrected chi connectivity index (χ2v) is 26.5. The SMILES string of the molecule is CC(=O)N1CCC(n2cc(-c3cnc(N)c(OC(C)c4c(Cl)ccc(F)c4Cl)c3)cn2)CC1.CC(Oc1cc(-c2cnn(C3CCN(C(=O)CO)CC3)c2)cnc1N)c1c(Cl)ccc(F)c1Cl.CC(Oc1cc(-c2cnn(C3CCN(CC#N)CC3)c2)cnc1N)c1c(Cl)ccc(F)c1Cl. The molecule has 9 aromatic rings. The van der Waals surface area contributed by atoms with Gasteiger partial charge in [-0.25, -0.2) is 28.1 Å². The van der Waals surface area contributed by atoms with Crippen LogP contribution in [0.5, 0.6) is 17.2 Å². The molecule has 3 aromatic carbocycles. The Morgan fingerprint density at radius 3 is 1.13 bits per heavy atom. The fourth-order valence-corrected chi connectivity index (χ4v) is 14.1. The van der Waals surface area contributed by atoms with Gasteiger partial charge < -0.3 is 46.3 Å². The Bertz CT molecular complexity index is 4440. The van der Waals surface area contributed by atoms with Crippen LogP contribution in [0.3, 0.4) is 0 Å². The van der Waals surface area contributed by atoms with Crippen LogP contribution in [0.1, 0.15) is 119 Å². The van der Waals surface area contributed by atoms with Crippen molar-refractivity contribution in [3.63, 3.8) is 0 Å². The van der Waals surface area contributed by atoms with E-state index in [4.69, 9.17) is 111 Å². The molecule has 0 radical (unpaired) electrons. The van der Waals surface area contributed by atoms with E-state index in [0.29, 0.717) is 63.6 Å². The van der Waals surface area contributed by atoms with Crippen molar-refractivity contribution in [1.29, 1.82) is 5.26 Å². The molecule has 3 aliphatic rings. The van der Waals surface area contributed by atoms with Gasteiger partial charge in [-0.1, -0.05) is 69.6 Å². The van der Waals surface area contributed by atoms with E-state index in [2.05, 4.69) is 41.2 Å². The first-order valence-electron chi connectivity index (χ1n) is 31.9. The van der Waals surface area contributed by atoms with Gasteiger partial charge in [0.05, 0.1) is 64.4 Å². The number of nitrogens with two attached hydrogens (primary N) is 3. The van der Waals surface area contributed by atoms with Crippen molar-refractivity contribution < 1.29 is 42.1 Å². The van der Waals surface area contributed by atoms with Crippen LogP contribution >= 0.6 is 69.6 Å². The molecule has 3 aliphatic heterocycles. The number of aromatic nitrogens is 9. The number of anilines is 3. The lowest BCUT2D eigenvalue weighted by atomic mass is 10.1. The summed E-state index contributed by atoms with van der Waals surface area (Å²) in [6.07, 6.45) is 19.1. The molecule has 100 heavy (non-hydrogen) atoms. The van der Waals surface area contributed by atoms with Crippen molar-refractivity contribution in [3.05, 3.63) is 175 Å². The summed E-state index contributed by atoms with van der Waals surface area (Å²) in [6.45, 7) is 11.0. The van der Waals surface area contributed by atoms with Crippen LogP contribution in [0.4, 0.5) is 30.6 Å². The lowest BCUT2D eigenvalue weighted by molar-refractivity contribution is -0.135. The number of hydrogen-bond acceptors (Lipinski definition) is 17. The smallest absolute Gasteiger partial charge is 0.248 e. The number of aliphatic hydroxyl groups excluding tert-OH is 1. The maximum Gasteiger partial charge on any atom is 0.248 e. The molecule has 6 aromatic heterocycles. The van der Waals surface area contributed by atoms with Crippen molar-refractivity contribution in [2.24, 2.45) is 0 Å². The number of halogens is 9. The van der Waals surface area contributed by atoms with Gasteiger partial charge in [-0.3, -0.25) is 28.5 Å². The molecule has 7 N–H and O–H groups in total. The summed E-state index contributed by atoms with van der Waals surface area (Å²) in [5.74, 6) is -0.337. The number of nitrogen functional groups attached to an aromatic ring is 3. The van der Waals surface area contributed by atoms with Gasteiger partial charge in [0.25, 0.3) is 0 Å². The summed E-state index contributed by atoms with van der Waals surface area (Å²) >= 11 is 37.0. The Labute approximate surface area is 605 Å². The normalized spacial score (nSPS) is 15.6. The zero-order valence-electron chi connectivity index (χ0n) is 54.7. The van der Waals surface area contributed by atoms with Crippen LogP contribution in [0.2, 0.25) is 30.1 Å². The Kier molecular flexibility index (Phi) is 24.7. The number of ether oxygens (including phenoxy) is 3. The molecule has 3 saturated heterocycles. The van der Waals surface area contributed by atoms with E-state index in [1.807, 2.05) is 37.5 Å². The number of hydrogen-bond donors (Lipinski definition) is 4. The molecule has 2 amide bonds. The van der Waals surface area contributed by atoms with Crippen LogP contribution in [0.25, 0.3) is 33.4 Å². The Hall–Kier alpha value is -8.58. The van der Waals surface area contributed by atoms with Gasteiger partial charge in [-0.2, -0.15) is 20.6 Å². The highest BCUT2D eigenvalue weighted by atomic mass is 35.5. The molecular weight excluding hydrogens is 1420 g/mol. The first-order chi connectivity index (χ1) is 47.9. The van der Waals surface area contributed by atoms with E-state index >= 15 is 0 Å². The maximum atomic E-state index is 13.9. The molecule has 3 fully saturated rings. The van der Waals surface area contributed by atoms with Crippen molar-refractivity contribution in [1.82, 2.24) is 59.0 Å². The van der Waals surface area contributed by atoms with Crippen LogP contribution in [-0.2, 0) is 9.59 Å². The van der Waals surface area contributed by atoms with Crippen molar-refractivity contribution in [3.8, 4) is 56.7 Å². The molecule has 31 heteroatoms. The molecule has 0 aliphatic carbocycles. The number of pyridine rings is 3. The van der Waals surface area contributed by atoms with Crippen LogP contribution in [0, 0.1) is 28.8 Å². The summed E-state index contributed by atoms with van der Waals surface area (Å²) in [6, 6.07) is 16.0. The number of nitriles is 1. The van der Waals surface area contributed by atoms with E-state index in [1.165, 1.54) is 36.4 Å². The van der Waals surface area contributed by atoms with E-state index in [1.54, 1.807) is 88.0 Å². The number of amides is 2. The predicted octanol–water partition coefficient (Wildman–Crippen LogP) is 14.8. The first kappa shape index (κ1) is 74.1. The highest BCUT2D eigenvalue weighted by Crippen LogP contribution is 2.42. The number of likely N-dealkylation sites (tertiary alicyclic amines) is 3. The predicted molar refractivity (Wildman–Crippen MR) is 379 cm³/mol. The number of carbonyl (C=O) groups excluding carboxylic acids is 2. The second-order valence-electron chi connectivity index (χ2n) is 24.2. The molecule has 0 bridgehead atoms. The molecular formula is C69H71Cl6F3N16O6. The van der Waals surface area contributed by atoms with Crippen molar-refractivity contribution >= 4 is 98.9 Å². The summed E-state index contributed by atoms with van der Waals surface area (Å²) in [7, 11) is 0. The van der Waals surface area contributed by atoms with Crippen molar-refractivity contribution in [2.75, 3.05) is 69.6 Å². The molecule has 3 unspecified atom stereocenters. The molecule has 526 valence electrons. The number of rotatable bonds is 17. The summed E-state index contributed by atoms with van der Waals surface area (Å²) < 4.78 is 65.5. The highest BCUT2D eigenvalue weighted by Gasteiger charge is 2.29. The number of piperidine rings is 3. The Morgan fingerprint density at radius 1 is 0.520 bits per heavy atom. The minimum Gasteiger partial charge on any atom is -0.482 e. The van der Waals surface area contributed by atoms with Gasteiger partial charge in [0.2, 0.25) is 11.8 Å². The molecule has 9 heterocycles. The van der Waals surface area contributed by atoms with Gasteiger partial charge in [0.15, 0.2) is 34.7 Å². The van der Waals surface area contributed by atoms with Crippen LogP contribution < -0.4 is 31.4 Å². The number of nitrogens with zero attached hydrogens (tertiary/aromatic N) is 13. The standard InChI is InChI=1S/C23H23Cl2FN6O.C23H24Cl2FN5O3.C23H24Cl2FN5O2/c1-14(21-18(24)2-3-19(26)22(21)25)33-20-10-15(11-29-23(20)28)16-12-30-32(13-16)17-4-7-31(8-5-17)9-6-27;1-13(21-17(24)2-3-18(26)22(21)25)34-19-8-14(9-28-23(19)27)15-10-29-31(11-15)16-4-6-30(7-5-16)20(33)12-32;1-13(21-18(24)3-4-19(26)22(21)25)33-20-9-15(10-28-23(20)27)16-11-29-31(12-16)17-5-7-30(8-6-17)14(2)32/h2-3,10-14,17H,4-5,7-9H2,1H3,(H2,28,29);2-3,8-11,13,16,32H,4-7,12H2,1H3,(H2,27,28);3-4,9-13,17H,5-8H2,1-2H3,(H2,27,28). The molecule has 3 atom stereocenters. The topological polar surface area (TPSA) is 286 Å². The molecule has 0 saturated carbocycles. The Balaban J connectivity index is 0.000000162. The number of aliphatic hydroxyl groups is 1. The lowest BCUT2D eigenvalue weighted by Gasteiger charge is -2.31. The van der Waals surface area contributed by atoms with Gasteiger partial charge >= 0.3 is 0 Å². The van der Waals surface area contributed by atoms with E-state index < -0.39 is 42.4 Å². The third kappa shape index (κ3) is 17.6. The zero-order valence-corrected chi connectivity index (χ0v) is 59.2. The third-order valence-electron chi connectivity index (χ3n) is 17.7. The maximum absolute atomic E-state index is 13.9. The fourth-order valence-electron chi connectivity index (χ4n) is 12.0. The molecule has 0 spiro atoms. The zero-order chi connectivity index (χ0) is 71.6. The Morgan fingerprint density at radius 2 is 0.830 bits per heavy atom. The highest BCUT2D eigenvalue weighted by molar-refractivity contribution is 6.37. The molecule has 12 rings (SSSR count). The lowest BCUT2D eigenvalue weighted by Crippen LogP contribution is -2.40. The minimum atomic E-state index is -0.676. The summed E-state index contributed by atoms with van der Waals surface area (Å²) in [5.41, 5.74) is 24.0. The van der Waals surface area contributed by atoms with Gasteiger partial charge in [-0.15, -0.1) is 0 Å². The van der Waals surface area contributed by atoms with Gasteiger partial charge in [0, 0.05) is 149 Å². The quantitative estimate of drug-likeness (QED) is 0.0487. The van der Waals surface area contributed by atoms with Gasteiger partial charge in [0.1, 0.15) is 42.4 Å². The first-order valence-corrected chi connectivity index (χ1v) is 34.2. The fraction of sp³-hybridized carbons (Fsp3) is 0.348. The average molecular weight is 1490 g/mol. The van der Waals surface area contributed by atoms with E-state index in [-0.39, 0.29) is 67.5 Å². The monoisotopic (exact) mass is 1490 g/mol. The van der Waals surface area contributed by atoms with E-state index in [9.17, 15) is 22.8 Å². The van der Waals surface area contributed by atoms with Gasteiger partial charge in [-0.05, 0) is 114 Å². The van der Waals surface area contributed by atoms with E-state index in [0.717, 1.165) is 98.1 Å².